The molecule has 1 aromatic carbocycles. The van der Waals surface area contributed by atoms with E-state index in [9.17, 15) is 14.7 Å². The molecular weight excluding hydrogens is 342 g/mol. The molecule has 0 bridgehead atoms. The van der Waals surface area contributed by atoms with Crippen molar-refractivity contribution in [3.8, 4) is 0 Å². The van der Waals surface area contributed by atoms with Gasteiger partial charge in [-0.3, -0.25) is 14.2 Å². The van der Waals surface area contributed by atoms with Crippen LogP contribution in [0.2, 0.25) is 0 Å². The second-order valence-corrected chi connectivity index (χ2v) is 6.47. The Morgan fingerprint density at radius 1 is 1.32 bits per heavy atom. The molecule has 0 saturated heterocycles. The number of carbonyl (C=O) groups is 1. The number of aromatic amines is 1. The quantitative estimate of drug-likeness (QED) is 0.524. The van der Waals surface area contributed by atoms with E-state index in [0.717, 1.165) is 22.8 Å². The number of hydrogen-bond acceptors (Lipinski definition) is 6. The number of hydrogen-bond donors (Lipinski definition) is 1. The summed E-state index contributed by atoms with van der Waals surface area (Å²) in [6.45, 7) is 1.92. The summed E-state index contributed by atoms with van der Waals surface area (Å²) < 4.78 is 3.05. The lowest BCUT2D eigenvalue weighted by molar-refractivity contribution is -0.297. The summed E-state index contributed by atoms with van der Waals surface area (Å²) in [4.78, 5) is 27.6. The zero-order valence-electron chi connectivity index (χ0n) is 13.9. The third-order valence-corrected chi connectivity index (χ3v) is 4.71. The predicted molar refractivity (Wildman–Crippen MR) is 92.8 cm³/mol. The van der Waals surface area contributed by atoms with Gasteiger partial charge in [-0.2, -0.15) is 0 Å². The molecule has 3 rings (SSSR count). The Labute approximate surface area is 147 Å². The van der Waals surface area contributed by atoms with Gasteiger partial charge in [0.2, 0.25) is 5.16 Å². The van der Waals surface area contributed by atoms with Crippen molar-refractivity contribution in [3.05, 3.63) is 45.0 Å². The zero-order chi connectivity index (χ0) is 18.1. The van der Waals surface area contributed by atoms with Crippen LogP contribution in [-0.2, 0) is 25.3 Å². The van der Waals surface area contributed by atoms with Crippen LogP contribution in [0.25, 0.3) is 17.1 Å². The molecule has 0 spiro atoms. The highest BCUT2D eigenvalue weighted by Crippen LogP contribution is 2.26. The van der Waals surface area contributed by atoms with Crippen LogP contribution in [0.5, 0.6) is 0 Å². The zero-order valence-corrected chi connectivity index (χ0v) is 14.8. The Balaban J connectivity index is 2.00. The third-order valence-electron chi connectivity index (χ3n) is 3.84. The van der Waals surface area contributed by atoms with Crippen molar-refractivity contribution < 1.29 is 9.90 Å². The summed E-state index contributed by atoms with van der Waals surface area (Å²) in [5.41, 5.74) is 1.99. The smallest absolute Gasteiger partial charge is 0.328 e. The number of benzene rings is 1. The number of carboxylic acids is 1. The molecule has 0 saturated carbocycles. The number of H-pyrrole nitrogens is 1. The van der Waals surface area contributed by atoms with E-state index in [0.29, 0.717) is 23.0 Å². The van der Waals surface area contributed by atoms with Crippen LogP contribution in [0.4, 0.5) is 0 Å². The van der Waals surface area contributed by atoms with E-state index in [1.165, 1.54) is 15.2 Å². The van der Waals surface area contributed by atoms with Gasteiger partial charge in [-0.1, -0.05) is 13.0 Å². The molecule has 0 aliphatic heterocycles. The Hall–Kier alpha value is -2.81. The van der Waals surface area contributed by atoms with Gasteiger partial charge in [0.15, 0.2) is 0 Å². The van der Waals surface area contributed by atoms with Gasteiger partial charge in [0.05, 0.1) is 17.0 Å². The minimum atomic E-state index is -1.31. The molecule has 8 nitrogen and oxygen atoms in total. The predicted octanol–water partition coefficient (Wildman–Crippen LogP) is 0.441. The lowest BCUT2D eigenvalue weighted by Crippen LogP contribution is -2.23. The molecule has 1 N–H and O–H groups in total. The van der Waals surface area contributed by atoms with E-state index >= 15 is 0 Å². The van der Waals surface area contributed by atoms with Crippen molar-refractivity contribution in [3.63, 3.8) is 0 Å². The average Bonchev–Trinajstić information content (AvgIpc) is 3.14. The number of nitrogens with zero attached hydrogens (tertiary/aromatic N) is 4. The highest BCUT2D eigenvalue weighted by atomic mass is 32.2. The largest absolute Gasteiger partial charge is 0.544 e. The molecular formula is C16H16N5O3S-. The van der Waals surface area contributed by atoms with Gasteiger partial charge in [0, 0.05) is 25.4 Å². The van der Waals surface area contributed by atoms with E-state index in [-0.39, 0.29) is 10.6 Å². The highest BCUT2D eigenvalue weighted by molar-refractivity contribution is 8.04. The maximum absolute atomic E-state index is 12.0. The third kappa shape index (κ3) is 3.22. The van der Waals surface area contributed by atoms with Gasteiger partial charge in [-0.25, -0.2) is 9.78 Å². The minimum absolute atomic E-state index is 0.0121. The van der Waals surface area contributed by atoms with E-state index < -0.39 is 5.97 Å². The summed E-state index contributed by atoms with van der Waals surface area (Å²) in [5.74, 6) is -0.629. The van der Waals surface area contributed by atoms with Crippen LogP contribution in [0.15, 0.2) is 33.1 Å². The summed E-state index contributed by atoms with van der Waals surface area (Å²) in [7, 11) is 3.36. The van der Waals surface area contributed by atoms with Crippen LogP contribution in [0, 0.1) is 0 Å². The highest BCUT2D eigenvalue weighted by Gasteiger charge is 2.10. The number of thioether (sulfide) groups is 1. The SMILES string of the molecule is CCc1nc(S/C(=C\c2ccc3c(c2)n(C)c(=O)n3C)C(=O)[O-])n[nH]1. The summed E-state index contributed by atoms with van der Waals surface area (Å²) in [5, 5.41) is 18.5. The van der Waals surface area contributed by atoms with Crippen molar-refractivity contribution in [1.82, 2.24) is 24.3 Å². The average molecular weight is 358 g/mol. The molecule has 3 aromatic rings. The van der Waals surface area contributed by atoms with Crippen LogP contribution in [-0.4, -0.2) is 30.3 Å². The lowest BCUT2D eigenvalue weighted by atomic mass is 10.2. The molecule has 9 heteroatoms. The normalized spacial score (nSPS) is 12.0. The number of fused-ring (bicyclic) bond motifs is 1. The molecule has 25 heavy (non-hydrogen) atoms. The fourth-order valence-electron chi connectivity index (χ4n) is 2.47. The van der Waals surface area contributed by atoms with Gasteiger partial charge in [0.1, 0.15) is 5.82 Å². The van der Waals surface area contributed by atoms with Crippen molar-refractivity contribution in [1.29, 1.82) is 0 Å². The van der Waals surface area contributed by atoms with Gasteiger partial charge in [-0.15, -0.1) is 5.10 Å². The van der Waals surface area contributed by atoms with Crippen LogP contribution in [0.1, 0.15) is 18.3 Å². The standard InChI is InChI=1S/C16H17N5O3S/c1-4-13-17-15(19-18-13)25-12(14(22)23)8-9-5-6-10-11(7-9)21(3)16(24)20(10)2/h5-8H,4H2,1-3H3,(H,22,23)(H,17,18,19)/p-1/b12-8-. The second kappa shape index (κ2) is 6.60. The Kier molecular flexibility index (Phi) is 4.49. The van der Waals surface area contributed by atoms with E-state index in [1.54, 1.807) is 32.3 Å². The number of aliphatic carboxylic acids is 1. The van der Waals surface area contributed by atoms with Gasteiger partial charge in [-0.05, 0) is 35.5 Å². The maximum Gasteiger partial charge on any atom is 0.328 e. The number of carbonyl (C=O) groups excluding carboxylic acids is 1. The first-order chi connectivity index (χ1) is 11.9. The first-order valence-electron chi connectivity index (χ1n) is 7.58. The molecule has 2 heterocycles. The fourth-order valence-corrected chi connectivity index (χ4v) is 3.20. The first-order valence-corrected chi connectivity index (χ1v) is 8.40. The number of aromatic nitrogens is 5. The minimum Gasteiger partial charge on any atom is -0.544 e. The fraction of sp³-hybridized carbons (Fsp3) is 0.250. The molecule has 0 aliphatic carbocycles. The molecule has 0 unspecified atom stereocenters. The Bertz CT molecular complexity index is 1040. The van der Waals surface area contributed by atoms with Crippen molar-refractivity contribution in [2.75, 3.05) is 0 Å². The molecule has 0 aliphatic rings. The first kappa shape index (κ1) is 17.0. The molecule has 0 atom stereocenters. The van der Waals surface area contributed by atoms with Crippen molar-refractivity contribution >= 4 is 34.8 Å². The molecule has 130 valence electrons. The Morgan fingerprint density at radius 3 is 2.68 bits per heavy atom. The van der Waals surface area contributed by atoms with Crippen LogP contribution in [0.3, 0.4) is 0 Å². The molecule has 0 fully saturated rings. The summed E-state index contributed by atoms with van der Waals surface area (Å²) in [6, 6.07) is 5.29. The molecule has 0 amide bonds. The van der Waals surface area contributed by atoms with E-state index in [4.69, 9.17) is 0 Å². The topological polar surface area (TPSA) is 109 Å². The van der Waals surface area contributed by atoms with Crippen LogP contribution < -0.4 is 10.8 Å². The molecule has 2 aromatic heterocycles. The monoisotopic (exact) mass is 358 g/mol. The van der Waals surface area contributed by atoms with E-state index in [2.05, 4.69) is 15.2 Å². The van der Waals surface area contributed by atoms with E-state index in [1.807, 2.05) is 6.92 Å². The number of rotatable bonds is 5. The maximum atomic E-state index is 12.0. The number of aryl methyl sites for hydroxylation is 3. The Morgan fingerprint density at radius 2 is 2.04 bits per heavy atom. The second-order valence-electron chi connectivity index (χ2n) is 5.47. The number of carboxylic acid groups (broad SMARTS) is 1. The van der Waals surface area contributed by atoms with Crippen molar-refractivity contribution in [2.45, 2.75) is 18.5 Å². The van der Waals surface area contributed by atoms with Crippen molar-refractivity contribution in [2.24, 2.45) is 14.1 Å². The lowest BCUT2D eigenvalue weighted by Gasteiger charge is -2.06. The van der Waals surface area contributed by atoms with Gasteiger partial charge >= 0.3 is 5.69 Å². The molecule has 0 radical (unpaired) electrons. The summed E-state index contributed by atoms with van der Waals surface area (Å²) >= 11 is 0.918. The number of imidazole rings is 1. The van der Waals surface area contributed by atoms with Gasteiger partial charge < -0.3 is 9.90 Å². The summed E-state index contributed by atoms with van der Waals surface area (Å²) in [6.07, 6.45) is 2.16. The van der Waals surface area contributed by atoms with Crippen LogP contribution >= 0.6 is 11.8 Å². The van der Waals surface area contributed by atoms with Gasteiger partial charge in [0.25, 0.3) is 0 Å². The number of nitrogens with one attached hydrogen (secondary N) is 1.